The predicted molar refractivity (Wildman–Crippen MR) is 93.1 cm³/mol. The molecule has 2 aromatic rings. The van der Waals surface area contributed by atoms with Crippen molar-refractivity contribution in [1.82, 2.24) is 24.2 Å². The SMILES string of the molecule is Cc1cncn(CC2CCN(Cc3cnn4c3COCC4)CC2)c1=O. The fraction of sp³-hybridized carbons (Fsp3) is 0.611. The summed E-state index contributed by atoms with van der Waals surface area (Å²) in [5, 5.41) is 4.48. The summed E-state index contributed by atoms with van der Waals surface area (Å²) in [4.78, 5) is 18.8. The largest absolute Gasteiger partial charge is 0.373 e. The van der Waals surface area contributed by atoms with E-state index in [0.717, 1.165) is 52.2 Å². The van der Waals surface area contributed by atoms with E-state index in [0.29, 0.717) is 18.1 Å². The van der Waals surface area contributed by atoms with Crippen LogP contribution in [0.1, 0.15) is 29.7 Å². The summed E-state index contributed by atoms with van der Waals surface area (Å²) in [5.74, 6) is 0.543. The van der Waals surface area contributed by atoms with Gasteiger partial charge in [-0.1, -0.05) is 0 Å². The molecule has 0 N–H and O–H groups in total. The molecule has 2 aliphatic rings. The minimum Gasteiger partial charge on any atom is -0.373 e. The molecule has 0 spiro atoms. The number of hydrogen-bond donors (Lipinski definition) is 0. The van der Waals surface area contributed by atoms with Gasteiger partial charge in [0.05, 0.1) is 38.0 Å². The molecule has 0 unspecified atom stereocenters. The zero-order valence-corrected chi connectivity index (χ0v) is 14.7. The molecule has 4 rings (SSSR count). The lowest BCUT2D eigenvalue weighted by Crippen LogP contribution is -2.36. The molecule has 134 valence electrons. The van der Waals surface area contributed by atoms with Gasteiger partial charge in [-0.2, -0.15) is 5.10 Å². The lowest BCUT2D eigenvalue weighted by Gasteiger charge is -2.32. The summed E-state index contributed by atoms with van der Waals surface area (Å²) in [7, 11) is 0. The molecule has 0 bridgehead atoms. The van der Waals surface area contributed by atoms with Crippen LogP contribution in [0.2, 0.25) is 0 Å². The number of piperidine rings is 1. The highest BCUT2D eigenvalue weighted by atomic mass is 16.5. The monoisotopic (exact) mass is 343 g/mol. The van der Waals surface area contributed by atoms with Crippen molar-refractivity contribution in [3.8, 4) is 0 Å². The van der Waals surface area contributed by atoms with Gasteiger partial charge < -0.3 is 4.74 Å². The molecule has 2 aromatic heterocycles. The van der Waals surface area contributed by atoms with Gasteiger partial charge in [0.25, 0.3) is 5.56 Å². The Morgan fingerprint density at radius 3 is 2.92 bits per heavy atom. The molecule has 1 fully saturated rings. The molecular weight excluding hydrogens is 318 g/mol. The van der Waals surface area contributed by atoms with Gasteiger partial charge in [-0.25, -0.2) is 4.98 Å². The van der Waals surface area contributed by atoms with Crippen LogP contribution >= 0.6 is 0 Å². The lowest BCUT2D eigenvalue weighted by atomic mass is 9.96. The summed E-state index contributed by atoms with van der Waals surface area (Å²) < 4.78 is 9.41. The molecule has 0 amide bonds. The predicted octanol–water partition coefficient (Wildman–Crippen LogP) is 1.19. The summed E-state index contributed by atoms with van der Waals surface area (Å²) in [5.41, 5.74) is 3.32. The first-order valence-electron chi connectivity index (χ1n) is 9.05. The number of likely N-dealkylation sites (tertiary alicyclic amines) is 1. The third-order valence-corrected chi connectivity index (χ3v) is 5.35. The molecule has 2 aliphatic heterocycles. The van der Waals surface area contributed by atoms with Crippen LogP contribution in [-0.2, 0) is 31.0 Å². The van der Waals surface area contributed by atoms with Gasteiger partial charge in [0.2, 0.25) is 0 Å². The molecule has 7 nitrogen and oxygen atoms in total. The van der Waals surface area contributed by atoms with E-state index in [-0.39, 0.29) is 5.56 Å². The Kier molecular flexibility index (Phi) is 4.67. The van der Waals surface area contributed by atoms with Gasteiger partial charge >= 0.3 is 0 Å². The van der Waals surface area contributed by atoms with Crippen LogP contribution in [0.25, 0.3) is 0 Å². The molecule has 4 heterocycles. The first-order valence-corrected chi connectivity index (χ1v) is 9.05. The van der Waals surface area contributed by atoms with Crippen LogP contribution in [0.4, 0.5) is 0 Å². The minimum absolute atomic E-state index is 0.0870. The van der Waals surface area contributed by atoms with E-state index in [2.05, 4.69) is 19.7 Å². The molecule has 0 atom stereocenters. The average Bonchev–Trinajstić information content (AvgIpc) is 3.04. The highest BCUT2D eigenvalue weighted by Gasteiger charge is 2.22. The van der Waals surface area contributed by atoms with E-state index in [1.165, 1.54) is 11.3 Å². The van der Waals surface area contributed by atoms with Crippen LogP contribution in [-0.4, -0.2) is 43.9 Å². The van der Waals surface area contributed by atoms with Gasteiger partial charge in [-0.3, -0.25) is 18.9 Å². The van der Waals surface area contributed by atoms with Crippen molar-refractivity contribution in [1.29, 1.82) is 0 Å². The smallest absolute Gasteiger partial charge is 0.256 e. The quantitative estimate of drug-likeness (QED) is 0.834. The average molecular weight is 343 g/mol. The van der Waals surface area contributed by atoms with Crippen molar-refractivity contribution in [2.24, 2.45) is 5.92 Å². The Morgan fingerprint density at radius 1 is 1.24 bits per heavy atom. The van der Waals surface area contributed by atoms with Crippen molar-refractivity contribution < 1.29 is 4.74 Å². The van der Waals surface area contributed by atoms with Crippen LogP contribution in [0.3, 0.4) is 0 Å². The highest BCUT2D eigenvalue weighted by molar-refractivity contribution is 5.18. The fourth-order valence-electron chi connectivity index (χ4n) is 3.80. The van der Waals surface area contributed by atoms with Crippen LogP contribution in [0.15, 0.2) is 23.5 Å². The number of nitrogens with zero attached hydrogens (tertiary/aromatic N) is 5. The maximum atomic E-state index is 12.1. The number of aryl methyl sites for hydroxylation is 1. The zero-order chi connectivity index (χ0) is 17.2. The molecule has 7 heteroatoms. The molecule has 25 heavy (non-hydrogen) atoms. The van der Waals surface area contributed by atoms with Gasteiger partial charge in [0.15, 0.2) is 0 Å². The number of fused-ring (bicyclic) bond motifs is 1. The van der Waals surface area contributed by atoms with Crippen molar-refractivity contribution in [2.75, 3.05) is 19.7 Å². The van der Waals surface area contributed by atoms with Crippen molar-refractivity contribution in [3.63, 3.8) is 0 Å². The van der Waals surface area contributed by atoms with Gasteiger partial charge in [0, 0.05) is 30.4 Å². The van der Waals surface area contributed by atoms with Gasteiger partial charge in [0.1, 0.15) is 0 Å². The number of ether oxygens (including phenoxy) is 1. The number of rotatable bonds is 4. The molecular formula is C18H25N5O2. The molecule has 0 aliphatic carbocycles. The Morgan fingerprint density at radius 2 is 2.08 bits per heavy atom. The van der Waals surface area contributed by atoms with Crippen molar-refractivity contribution in [3.05, 3.63) is 45.9 Å². The van der Waals surface area contributed by atoms with E-state index < -0.39 is 0 Å². The number of aromatic nitrogens is 4. The maximum Gasteiger partial charge on any atom is 0.256 e. The molecule has 0 saturated carbocycles. The Balaban J connectivity index is 1.33. The number of hydrogen-bond acceptors (Lipinski definition) is 5. The third-order valence-electron chi connectivity index (χ3n) is 5.35. The molecule has 1 saturated heterocycles. The molecule has 0 aromatic carbocycles. The maximum absolute atomic E-state index is 12.1. The summed E-state index contributed by atoms with van der Waals surface area (Å²) >= 11 is 0. The normalized spacial score (nSPS) is 19.1. The minimum atomic E-state index is 0.0870. The second-order valence-corrected chi connectivity index (χ2v) is 7.15. The van der Waals surface area contributed by atoms with Crippen LogP contribution in [0, 0.1) is 12.8 Å². The fourth-order valence-corrected chi connectivity index (χ4v) is 3.80. The van der Waals surface area contributed by atoms with E-state index in [1.807, 2.05) is 13.1 Å². The van der Waals surface area contributed by atoms with Crippen LogP contribution < -0.4 is 5.56 Å². The van der Waals surface area contributed by atoms with E-state index in [9.17, 15) is 4.79 Å². The van der Waals surface area contributed by atoms with Crippen molar-refractivity contribution >= 4 is 0 Å². The summed E-state index contributed by atoms with van der Waals surface area (Å²) in [6, 6.07) is 0. The van der Waals surface area contributed by atoms with Crippen LogP contribution in [0.5, 0.6) is 0 Å². The second-order valence-electron chi connectivity index (χ2n) is 7.15. The highest BCUT2D eigenvalue weighted by Crippen LogP contribution is 2.22. The molecule has 0 radical (unpaired) electrons. The Labute approximate surface area is 147 Å². The van der Waals surface area contributed by atoms with Gasteiger partial charge in [-0.15, -0.1) is 0 Å². The zero-order valence-electron chi connectivity index (χ0n) is 14.7. The van der Waals surface area contributed by atoms with E-state index in [4.69, 9.17) is 4.74 Å². The first kappa shape index (κ1) is 16.5. The van der Waals surface area contributed by atoms with E-state index in [1.54, 1.807) is 17.1 Å². The van der Waals surface area contributed by atoms with E-state index >= 15 is 0 Å². The lowest BCUT2D eigenvalue weighted by molar-refractivity contribution is 0.0782. The van der Waals surface area contributed by atoms with Gasteiger partial charge in [-0.05, 0) is 38.8 Å². The van der Waals surface area contributed by atoms with Crippen molar-refractivity contribution in [2.45, 2.75) is 46.0 Å². The first-order chi connectivity index (χ1) is 12.2. The second kappa shape index (κ2) is 7.09. The standard InChI is InChI=1S/C18H25N5O2/c1-14-8-19-13-22(18(14)24)10-15-2-4-21(5-3-15)11-16-9-20-23-6-7-25-12-17(16)23/h8-9,13,15H,2-7,10-12H2,1H3. The topological polar surface area (TPSA) is 65.2 Å². The Hall–Kier alpha value is -1.99. The summed E-state index contributed by atoms with van der Waals surface area (Å²) in [6.07, 6.45) is 7.52. The third kappa shape index (κ3) is 3.52. The summed E-state index contributed by atoms with van der Waals surface area (Å²) in [6.45, 7) is 7.95. The Bertz CT molecular complexity index is 789.